The van der Waals surface area contributed by atoms with Crippen LogP contribution >= 0.6 is 23.4 Å². The van der Waals surface area contributed by atoms with Gasteiger partial charge in [-0.15, -0.1) is 11.8 Å². The van der Waals surface area contributed by atoms with Crippen LogP contribution in [0.5, 0.6) is 0 Å². The van der Waals surface area contributed by atoms with Gasteiger partial charge in [-0.3, -0.25) is 4.79 Å². The third kappa shape index (κ3) is 6.74. The van der Waals surface area contributed by atoms with E-state index in [0.29, 0.717) is 29.6 Å². The van der Waals surface area contributed by atoms with E-state index in [1.54, 1.807) is 24.3 Å². The molecule has 29 heavy (non-hydrogen) atoms. The minimum absolute atomic E-state index is 0.0654. The number of thioether (sulfide) groups is 1. The Balaban J connectivity index is 1.90. The monoisotopic (exact) mass is 454 g/mol. The van der Waals surface area contributed by atoms with Crippen LogP contribution in [0.4, 0.5) is 0 Å². The molecule has 0 aliphatic carbocycles. The van der Waals surface area contributed by atoms with Crippen molar-refractivity contribution in [2.75, 3.05) is 18.8 Å². The smallest absolute Gasteiger partial charge is 0.243 e. The molecule has 0 aliphatic rings. The molecule has 2 aromatic carbocycles. The number of nitrogens with zero attached hydrogens (tertiary/aromatic N) is 1. The summed E-state index contributed by atoms with van der Waals surface area (Å²) in [5, 5.41) is 3.64. The fraction of sp³-hybridized carbons (Fsp3) is 0.381. The highest BCUT2D eigenvalue weighted by molar-refractivity contribution is 7.99. The van der Waals surface area contributed by atoms with Crippen molar-refractivity contribution < 1.29 is 13.2 Å². The molecule has 0 bridgehead atoms. The van der Waals surface area contributed by atoms with E-state index in [9.17, 15) is 13.2 Å². The number of halogens is 1. The van der Waals surface area contributed by atoms with Crippen molar-refractivity contribution in [3.05, 3.63) is 64.7 Å². The predicted molar refractivity (Wildman–Crippen MR) is 121 cm³/mol. The summed E-state index contributed by atoms with van der Waals surface area (Å²) in [4.78, 5) is 12.5. The first-order valence-corrected chi connectivity index (χ1v) is 12.5. The van der Waals surface area contributed by atoms with E-state index < -0.39 is 10.0 Å². The van der Waals surface area contributed by atoms with E-state index in [2.05, 4.69) is 5.32 Å². The molecule has 2 aromatic rings. The van der Waals surface area contributed by atoms with Crippen molar-refractivity contribution in [3.63, 3.8) is 0 Å². The van der Waals surface area contributed by atoms with E-state index in [1.807, 2.05) is 45.0 Å². The van der Waals surface area contributed by atoms with Crippen LogP contribution in [0.2, 0.25) is 5.02 Å². The molecule has 0 spiro atoms. The SMILES string of the molecule is CCN(CC)S(=O)(=O)c1ccc(C(C)NC(=O)CSCc2cccc(Cl)c2)cc1. The van der Waals surface area contributed by atoms with Crippen LogP contribution in [0.1, 0.15) is 37.9 Å². The second kappa shape index (κ2) is 11.0. The standard InChI is InChI=1S/C21H27ClN2O3S2/c1-4-24(5-2)29(26,27)20-11-9-18(10-12-20)16(3)23-21(25)15-28-14-17-7-6-8-19(22)13-17/h6-13,16H,4-5,14-15H2,1-3H3,(H,23,25). The van der Waals surface area contributed by atoms with Gasteiger partial charge in [0, 0.05) is 23.9 Å². The van der Waals surface area contributed by atoms with E-state index in [1.165, 1.54) is 16.1 Å². The van der Waals surface area contributed by atoms with Gasteiger partial charge in [0.05, 0.1) is 16.7 Å². The lowest BCUT2D eigenvalue weighted by atomic mass is 10.1. The molecular formula is C21H27ClN2O3S2. The summed E-state index contributed by atoms with van der Waals surface area (Å²) in [6, 6.07) is 14.1. The number of hydrogen-bond acceptors (Lipinski definition) is 4. The second-order valence-corrected chi connectivity index (χ2v) is 9.93. The van der Waals surface area contributed by atoms with Crippen molar-refractivity contribution in [1.82, 2.24) is 9.62 Å². The Morgan fingerprint density at radius 1 is 1.14 bits per heavy atom. The number of hydrogen-bond donors (Lipinski definition) is 1. The highest BCUT2D eigenvalue weighted by Crippen LogP contribution is 2.20. The Bertz CT molecular complexity index is 914. The summed E-state index contributed by atoms with van der Waals surface area (Å²) in [5.41, 5.74) is 1.94. The maximum absolute atomic E-state index is 12.6. The fourth-order valence-electron chi connectivity index (χ4n) is 2.90. The minimum atomic E-state index is -3.47. The Morgan fingerprint density at radius 3 is 2.38 bits per heavy atom. The molecule has 0 fully saturated rings. The van der Waals surface area contributed by atoms with Crippen molar-refractivity contribution in [3.8, 4) is 0 Å². The van der Waals surface area contributed by atoms with E-state index in [-0.39, 0.29) is 16.8 Å². The summed E-state index contributed by atoms with van der Waals surface area (Å²) in [6.45, 7) is 6.38. The van der Waals surface area contributed by atoms with Crippen LogP contribution in [0, 0.1) is 0 Å². The van der Waals surface area contributed by atoms with E-state index in [0.717, 1.165) is 11.1 Å². The molecule has 5 nitrogen and oxygen atoms in total. The largest absolute Gasteiger partial charge is 0.349 e. The van der Waals surface area contributed by atoms with Crippen molar-refractivity contribution in [1.29, 1.82) is 0 Å². The molecule has 2 rings (SSSR count). The number of benzene rings is 2. The second-order valence-electron chi connectivity index (χ2n) is 6.57. The number of amides is 1. The van der Waals surface area contributed by atoms with Gasteiger partial charge in [-0.1, -0.05) is 49.7 Å². The van der Waals surface area contributed by atoms with Gasteiger partial charge < -0.3 is 5.32 Å². The van der Waals surface area contributed by atoms with Gasteiger partial charge in [-0.2, -0.15) is 4.31 Å². The first kappa shape index (κ1) is 23.7. The van der Waals surface area contributed by atoms with Crippen LogP contribution in [0.15, 0.2) is 53.4 Å². The first-order valence-electron chi connectivity index (χ1n) is 9.49. The molecule has 0 heterocycles. The van der Waals surface area contributed by atoms with Gasteiger partial charge in [0.2, 0.25) is 15.9 Å². The lowest BCUT2D eigenvalue weighted by Crippen LogP contribution is -2.30. The van der Waals surface area contributed by atoms with Gasteiger partial charge >= 0.3 is 0 Å². The molecule has 0 aliphatic heterocycles. The topological polar surface area (TPSA) is 66.5 Å². The molecule has 0 saturated heterocycles. The average molecular weight is 455 g/mol. The number of sulfonamides is 1. The van der Waals surface area contributed by atoms with Gasteiger partial charge in [-0.05, 0) is 42.3 Å². The Kier molecular flexibility index (Phi) is 9.02. The van der Waals surface area contributed by atoms with Crippen molar-refractivity contribution >= 4 is 39.3 Å². The minimum Gasteiger partial charge on any atom is -0.349 e. The fourth-order valence-corrected chi connectivity index (χ4v) is 5.35. The van der Waals surface area contributed by atoms with Gasteiger partial charge in [0.15, 0.2) is 0 Å². The maximum atomic E-state index is 12.6. The highest BCUT2D eigenvalue weighted by Gasteiger charge is 2.21. The zero-order valence-corrected chi connectivity index (χ0v) is 19.3. The zero-order valence-electron chi connectivity index (χ0n) is 16.9. The Hall–Kier alpha value is -1.54. The molecular weight excluding hydrogens is 428 g/mol. The quantitative estimate of drug-likeness (QED) is 0.574. The third-order valence-corrected chi connectivity index (χ3v) is 7.79. The summed E-state index contributed by atoms with van der Waals surface area (Å²) in [7, 11) is -3.47. The summed E-state index contributed by atoms with van der Waals surface area (Å²) >= 11 is 7.49. The van der Waals surface area contributed by atoms with Crippen LogP contribution < -0.4 is 5.32 Å². The molecule has 0 aromatic heterocycles. The van der Waals surface area contributed by atoms with Gasteiger partial charge in [-0.25, -0.2) is 8.42 Å². The average Bonchev–Trinajstić information content (AvgIpc) is 2.69. The summed E-state index contributed by atoms with van der Waals surface area (Å²) in [5.74, 6) is 0.982. The molecule has 1 N–H and O–H groups in total. The molecule has 1 atom stereocenters. The van der Waals surface area contributed by atoms with Crippen molar-refractivity contribution in [2.24, 2.45) is 0 Å². The lowest BCUT2D eigenvalue weighted by molar-refractivity contribution is -0.119. The number of rotatable bonds is 10. The third-order valence-electron chi connectivity index (χ3n) is 4.49. The first-order chi connectivity index (χ1) is 13.8. The predicted octanol–water partition coefficient (Wildman–Crippen LogP) is 4.48. The number of carbonyl (C=O) groups excluding carboxylic acids is 1. The normalized spacial score (nSPS) is 12.7. The Morgan fingerprint density at radius 2 is 1.79 bits per heavy atom. The van der Waals surface area contributed by atoms with Gasteiger partial charge in [0.25, 0.3) is 0 Å². The van der Waals surface area contributed by atoms with Gasteiger partial charge in [0.1, 0.15) is 0 Å². The zero-order chi connectivity index (χ0) is 21.4. The van der Waals surface area contributed by atoms with Crippen LogP contribution in [-0.2, 0) is 20.6 Å². The summed E-state index contributed by atoms with van der Waals surface area (Å²) in [6.07, 6.45) is 0. The van der Waals surface area contributed by atoms with Crippen LogP contribution in [0.3, 0.4) is 0 Å². The molecule has 8 heteroatoms. The molecule has 1 amide bonds. The van der Waals surface area contributed by atoms with E-state index >= 15 is 0 Å². The molecule has 1 unspecified atom stereocenters. The number of nitrogens with one attached hydrogen (secondary N) is 1. The highest BCUT2D eigenvalue weighted by atomic mass is 35.5. The Labute approximate surface area is 182 Å². The van der Waals surface area contributed by atoms with Crippen molar-refractivity contribution in [2.45, 2.75) is 37.5 Å². The van der Waals surface area contributed by atoms with E-state index in [4.69, 9.17) is 11.6 Å². The number of carbonyl (C=O) groups is 1. The summed E-state index contributed by atoms with van der Waals surface area (Å²) < 4.78 is 26.5. The lowest BCUT2D eigenvalue weighted by Gasteiger charge is -2.19. The molecule has 158 valence electrons. The van der Waals surface area contributed by atoms with Crippen LogP contribution in [0.25, 0.3) is 0 Å². The van der Waals surface area contributed by atoms with Crippen LogP contribution in [-0.4, -0.2) is 37.5 Å². The molecule has 0 radical (unpaired) electrons. The maximum Gasteiger partial charge on any atom is 0.243 e. The molecule has 0 saturated carbocycles.